The molecule has 0 aliphatic rings. The summed E-state index contributed by atoms with van der Waals surface area (Å²) in [5, 5.41) is 2.62. The molecule has 1 heteroatoms. The fourth-order valence-electron chi connectivity index (χ4n) is 6.98. The molecule has 0 saturated heterocycles. The van der Waals surface area contributed by atoms with Crippen LogP contribution >= 0.6 is 11.3 Å². The van der Waals surface area contributed by atoms with Gasteiger partial charge in [-0.05, 0) is 78.9 Å². The maximum atomic E-state index is 2.34. The summed E-state index contributed by atoms with van der Waals surface area (Å²) < 4.78 is 2.66. The monoisotopic (exact) mass is 640 g/mol. The second-order valence-electron chi connectivity index (χ2n) is 12.5. The van der Waals surface area contributed by atoms with Crippen LogP contribution in [0.15, 0.2) is 194 Å². The van der Waals surface area contributed by atoms with Crippen LogP contribution in [0.1, 0.15) is 0 Å². The predicted molar refractivity (Wildman–Crippen MR) is 212 cm³/mol. The lowest BCUT2D eigenvalue weighted by Gasteiger charge is -2.09. The third-order valence-electron chi connectivity index (χ3n) is 9.52. The molecule has 0 bridgehead atoms. The highest BCUT2D eigenvalue weighted by Crippen LogP contribution is 2.44. The molecule has 230 valence electrons. The second kappa shape index (κ2) is 12.5. The number of fused-ring (bicyclic) bond motifs is 3. The minimum Gasteiger partial charge on any atom is -0.134 e. The van der Waals surface area contributed by atoms with Crippen molar-refractivity contribution in [3.8, 4) is 66.8 Å². The molecule has 1 heterocycles. The molecule has 0 aliphatic heterocycles. The first kappa shape index (κ1) is 29.1. The van der Waals surface area contributed by atoms with Crippen molar-refractivity contribution in [1.82, 2.24) is 0 Å². The highest BCUT2D eigenvalue weighted by atomic mass is 32.1. The smallest absolute Gasteiger partial charge is 0.0434 e. The van der Waals surface area contributed by atoms with Gasteiger partial charge in [0.2, 0.25) is 0 Å². The van der Waals surface area contributed by atoms with Crippen molar-refractivity contribution in [1.29, 1.82) is 0 Å². The molecule has 0 unspecified atom stereocenters. The van der Waals surface area contributed by atoms with Gasteiger partial charge in [-0.3, -0.25) is 0 Å². The van der Waals surface area contributed by atoms with Crippen LogP contribution in [-0.4, -0.2) is 0 Å². The zero-order valence-corrected chi connectivity index (χ0v) is 27.7. The van der Waals surface area contributed by atoms with Gasteiger partial charge in [-0.2, -0.15) is 0 Å². The molecule has 0 atom stereocenters. The fourth-order valence-corrected chi connectivity index (χ4v) is 8.35. The van der Waals surface area contributed by atoms with Crippen LogP contribution in [0.2, 0.25) is 0 Å². The standard InChI is InChI=1S/C48H32S/c1-3-11-33(12-4-1)35-23-27-37(28-24-35)39-15-7-17-41(31-39)43-19-9-21-45-46-22-10-20-44(48(46)49-47(43)45)42-18-8-16-40(32-42)38-29-25-36(26-30-38)34-13-5-2-6-14-34/h1-32H. The molecule has 0 fully saturated rings. The average Bonchev–Trinajstić information content (AvgIpc) is 3.58. The summed E-state index contributed by atoms with van der Waals surface area (Å²) in [6.45, 7) is 0. The lowest BCUT2D eigenvalue weighted by Crippen LogP contribution is -1.83. The number of thiophene rings is 1. The molecule has 0 nitrogen and oxygen atoms in total. The second-order valence-corrected chi connectivity index (χ2v) is 13.5. The first-order valence-electron chi connectivity index (χ1n) is 16.8. The summed E-state index contributed by atoms with van der Waals surface area (Å²) in [6, 6.07) is 70.4. The van der Waals surface area contributed by atoms with E-state index in [2.05, 4.69) is 194 Å². The normalized spacial score (nSPS) is 11.3. The summed E-state index contributed by atoms with van der Waals surface area (Å²) in [7, 11) is 0. The molecule has 9 rings (SSSR count). The molecule has 8 aromatic carbocycles. The Morgan fingerprint density at radius 2 is 0.531 bits per heavy atom. The van der Waals surface area contributed by atoms with Crippen molar-refractivity contribution >= 4 is 31.5 Å². The number of benzene rings is 8. The quantitative estimate of drug-likeness (QED) is 0.170. The molecular weight excluding hydrogens is 609 g/mol. The van der Waals surface area contributed by atoms with Crippen molar-refractivity contribution in [2.75, 3.05) is 0 Å². The van der Waals surface area contributed by atoms with Gasteiger partial charge in [-0.1, -0.05) is 182 Å². The van der Waals surface area contributed by atoms with E-state index < -0.39 is 0 Å². The van der Waals surface area contributed by atoms with E-state index in [1.165, 1.54) is 86.9 Å². The summed E-state index contributed by atoms with van der Waals surface area (Å²) in [4.78, 5) is 0. The molecule has 0 aliphatic carbocycles. The van der Waals surface area contributed by atoms with Crippen molar-refractivity contribution in [2.24, 2.45) is 0 Å². The number of hydrogen-bond acceptors (Lipinski definition) is 1. The number of hydrogen-bond donors (Lipinski definition) is 0. The van der Waals surface area contributed by atoms with Gasteiger partial charge in [0, 0.05) is 20.2 Å². The molecular formula is C48H32S. The van der Waals surface area contributed by atoms with Crippen LogP contribution in [0.25, 0.3) is 86.9 Å². The first-order chi connectivity index (χ1) is 24.3. The van der Waals surface area contributed by atoms with Gasteiger partial charge in [-0.15, -0.1) is 11.3 Å². The average molecular weight is 641 g/mol. The first-order valence-corrected chi connectivity index (χ1v) is 17.6. The topological polar surface area (TPSA) is 0 Å². The van der Waals surface area contributed by atoms with E-state index in [4.69, 9.17) is 0 Å². The van der Waals surface area contributed by atoms with E-state index in [0.29, 0.717) is 0 Å². The van der Waals surface area contributed by atoms with Gasteiger partial charge < -0.3 is 0 Å². The third kappa shape index (κ3) is 5.55. The van der Waals surface area contributed by atoms with Crippen LogP contribution in [0.3, 0.4) is 0 Å². The summed E-state index contributed by atoms with van der Waals surface area (Å²) in [5.41, 5.74) is 14.9. The Hall–Kier alpha value is -6.02. The Kier molecular flexibility index (Phi) is 7.46. The molecule has 0 radical (unpaired) electrons. The van der Waals surface area contributed by atoms with Gasteiger partial charge >= 0.3 is 0 Å². The highest BCUT2D eigenvalue weighted by Gasteiger charge is 2.15. The molecule has 9 aromatic rings. The van der Waals surface area contributed by atoms with Crippen LogP contribution < -0.4 is 0 Å². The van der Waals surface area contributed by atoms with Gasteiger partial charge in [0.1, 0.15) is 0 Å². The van der Waals surface area contributed by atoms with E-state index in [9.17, 15) is 0 Å². The van der Waals surface area contributed by atoms with Crippen LogP contribution in [0.4, 0.5) is 0 Å². The van der Waals surface area contributed by atoms with E-state index >= 15 is 0 Å². The van der Waals surface area contributed by atoms with Crippen molar-refractivity contribution < 1.29 is 0 Å². The lowest BCUT2D eigenvalue weighted by atomic mass is 9.95. The molecule has 0 N–H and O–H groups in total. The van der Waals surface area contributed by atoms with Gasteiger partial charge in [0.05, 0.1) is 0 Å². The van der Waals surface area contributed by atoms with Crippen molar-refractivity contribution in [3.63, 3.8) is 0 Å². The molecule has 49 heavy (non-hydrogen) atoms. The molecule has 0 spiro atoms. The zero-order valence-electron chi connectivity index (χ0n) is 26.9. The largest absolute Gasteiger partial charge is 0.134 e. The van der Waals surface area contributed by atoms with Crippen LogP contribution in [0.5, 0.6) is 0 Å². The van der Waals surface area contributed by atoms with Gasteiger partial charge in [0.25, 0.3) is 0 Å². The Balaban J connectivity index is 1.08. The van der Waals surface area contributed by atoms with Crippen LogP contribution in [-0.2, 0) is 0 Å². The summed E-state index contributed by atoms with van der Waals surface area (Å²) in [6.07, 6.45) is 0. The highest BCUT2D eigenvalue weighted by molar-refractivity contribution is 7.26. The summed E-state index contributed by atoms with van der Waals surface area (Å²) in [5.74, 6) is 0. The molecule has 0 saturated carbocycles. The Morgan fingerprint density at radius 1 is 0.224 bits per heavy atom. The van der Waals surface area contributed by atoms with Crippen molar-refractivity contribution in [2.45, 2.75) is 0 Å². The minimum absolute atomic E-state index is 1.22. The van der Waals surface area contributed by atoms with Crippen molar-refractivity contribution in [3.05, 3.63) is 194 Å². The number of rotatable bonds is 6. The maximum absolute atomic E-state index is 2.34. The van der Waals surface area contributed by atoms with Gasteiger partial charge in [0.15, 0.2) is 0 Å². The lowest BCUT2D eigenvalue weighted by molar-refractivity contribution is 1.58. The Morgan fingerprint density at radius 3 is 0.939 bits per heavy atom. The maximum Gasteiger partial charge on any atom is 0.0434 e. The molecule has 1 aromatic heterocycles. The SMILES string of the molecule is c1ccc(-c2ccc(-c3cccc(-c4cccc5c4sc4c(-c6cccc(-c7ccc(-c8ccccc8)cc7)c6)cccc45)c3)cc2)cc1. The molecule has 0 amide bonds. The predicted octanol–water partition coefficient (Wildman–Crippen LogP) is 14.1. The fraction of sp³-hybridized carbons (Fsp3) is 0. The Labute approximate surface area is 291 Å². The zero-order chi connectivity index (χ0) is 32.6. The van der Waals surface area contributed by atoms with E-state index in [0.717, 1.165) is 0 Å². The Bertz CT molecular complexity index is 2380. The van der Waals surface area contributed by atoms with Crippen LogP contribution in [0, 0.1) is 0 Å². The summed E-state index contributed by atoms with van der Waals surface area (Å²) >= 11 is 1.91. The van der Waals surface area contributed by atoms with E-state index in [1.807, 2.05) is 11.3 Å². The van der Waals surface area contributed by atoms with E-state index in [1.54, 1.807) is 0 Å². The van der Waals surface area contributed by atoms with E-state index in [-0.39, 0.29) is 0 Å². The minimum atomic E-state index is 1.22. The van der Waals surface area contributed by atoms with Gasteiger partial charge in [-0.25, -0.2) is 0 Å². The third-order valence-corrected chi connectivity index (χ3v) is 10.8.